The van der Waals surface area contributed by atoms with Crippen LogP contribution < -0.4 is 5.32 Å². The number of piperazine rings is 1. The lowest BCUT2D eigenvalue weighted by molar-refractivity contribution is 0.0447. The van der Waals surface area contributed by atoms with Gasteiger partial charge in [0.25, 0.3) is 0 Å². The van der Waals surface area contributed by atoms with Crippen LogP contribution in [0.3, 0.4) is 0 Å². The van der Waals surface area contributed by atoms with Gasteiger partial charge >= 0.3 is 0 Å². The molecule has 3 heteroatoms. The molecule has 16 heavy (non-hydrogen) atoms. The number of likely N-dealkylation sites (N-methyl/N-ethyl adjacent to an activating group) is 1. The number of hydrogen-bond acceptors (Lipinski definition) is 3. The second kappa shape index (κ2) is 5.48. The smallest absolute Gasteiger partial charge is 0.0271 e. The molecule has 0 bridgehead atoms. The quantitative estimate of drug-likeness (QED) is 0.770. The summed E-state index contributed by atoms with van der Waals surface area (Å²) in [6.45, 7) is 7.19. The minimum absolute atomic E-state index is 0.711. The molecule has 0 spiro atoms. The van der Waals surface area contributed by atoms with E-state index in [1.807, 2.05) is 0 Å². The Labute approximate surface area is 100 Å². The molecule has 1 N–H and O–H groups in total. The summed E-state index contributed by atoms with van der Waals surface area (Å²) in [7, 11) is 4.50. The van der Waals surface area contributed by atoms with Crippen LogP contribution in [0, 0.1) is 5.92 Å². The van der Waals surface area contributed by atoms with Crippen molar-refractivity contribution < 1.29 is 0 Å². The van der Waals surface area contributed by atoms with Crippen LogP contribution in [0.15, 0.2) is 0 Å². The molecule has 0 aromatic rings. The van der Waals surface area contributed by atoms with Crippen molar-refractivity contribution in [3.8, 4) is 0 Å². The van der Waals surface area contributed by atoms with Crippen molar-refractivity contribution in [2.45, 2.75) is 38.3 Å². The van der Waals surface area contributed by atoms with Gasteiger partial charge in [0.05, 0.1) is 0 Å². The maximum atomic E-state index is 3.44. The average molecular weight is 225 g/mol. The maximum absolute atomic E-state index is 3.44. The first-order valence-corrected chi connectivity index (χ1v) is 6.81. The van der Waals surface area contributed by atoms with E-state index >= 15 is 0 Å². The van der Waals surface area contributed by atoms with Crippen molar-refractivity contribution in [1.82, 2.24) is 15.1 Å². The van der Waals surface area contributed by atoms with E-state index in [0.29, 0.717) is 6.04 Å². The standard InChI is InChI=1S/C13H27N3/c1-11(16-9-7-14-8-10-16)13(15(2)3)12-5-4-6-12/h11-14H,4-10H2,1-3H3. The molecule has 2 aliphatic rings. The van der Waals surface area contributed by atoms with Crippen molar-refractivity contribution in [3.63, 3.8) is 0 Å². The second-order valence-electron chi connectivity index (χ2n) is 5.67. The summed E-state index contributed by atoms with van der Waals surface area (Å²) < 4.78 is 0. The van der Waals surface area contributed by atoms with E-state index < -0.39 is 0 Å². The SMILES string of the molecule is CC(C(C1CCC1)N(C)C)N1CCNCC1. The highest BCUT2D eigenvalue weighted by Crippen LogP contribution is 2.34. The fourth-order valence-corrected chi connectivity index (χ4v) is 3.33. The second-order valence-corrected chi connectivity index (χ2v) is 5.67. The first kappa shape index (κ1) is 12.3. The minimum atomic E-state index is 0.711. The zero-order chi connectivity index (χ0) is 11.5. The Hall–Kier alpha value is -0.120. The lowest BCUT2D eigenvalue weighted by Gasteiger charge is -2.46. The third kappa shape index (κ3) is 2.58. The Morgan fingerprint density at radius 1 is 1.19 bits per heavy atom. The van der Waals surface area contributed by atoms with Crippen LogP contribution in [0.25, 0.3) is 0 Å². The minimum Gasteiger partial charge on any atom is -0.314 e. The molecule has 1 aliphatic heterocycles. The van der Waals surface area contributed by atoms with E-state index in [2.05, 4.69) is 36.1 Å². The van der Waals surface area contributed by atoms with Crippen molar-refractivity contribution in [2.24, 2.45) is 5.92 Å². The molecule has 1 saturated carbocycles. The Kier molecular flexibility index (Phi) is 4.22. The van der Waals surface area contributed by atoms with E-state index in [1.165, 1.54) is 32.4 Å². The third-order valence-electron chi connectivity index (χ3n) is 4.45. The van der Waals surface area contributed by atoms with Gasteiger partial charge in [-0.25, -0.2) is 0 Å². The Morgan fingerprint density at radius 3 is 2.25 bits per heavy atom. The summed E-state index contributed by atoms with van der Waals surface area (Å²) in [4.78, 5) is 5.12. The van der Waals surface area contributed by atoms with Crippen molar-refractivity contribution in [1.29, 1.82) is 0 Å². The van der Waals surface area contributed by atoms with Crippen molar-refractivity contribution in [2.75, 3.05) is 40.3 Å². The fraction of sp³-hybridized carbons (Fsp3) is 1.00. The predicted octanol–water partition coefficient (Wildman–Crippen LogP) is 1.01. The molecule has 94 valence electrons. The normalized spacial score (nSPS) is 27.8. The van der Waals surface area contributed by atoms with Gasteiger partial charge in [-0.15, -0.1) is 0 Å². The number of nitrogens with zero attached hydrogens (tertiary/aromatic N) is 2. The van der Waals surface area contributed by atoms with Gasteiger partial charge in [-0.05, 0) is 39.8 Å². The monoisotopic (exact) mass is 225 g/mol. The number of hydrogen-bond donors (Lipinski definition) is 1. The van der Waals surface area contributed by atoms with E-state index in [0.717, 1.165) is 25.0 Å². The molecule has 3 nitrogen and oxygen atoms in total. The maximum Gasteiger partial charge on any atom is 0.0271 e. The van der Waals surface area contributed by atoms with Crippen LogP contribution in [0.5, 0.6) is 0 Å². The highest BCUT2D eigenvalue weighted by molar-refractivity contribution is 4.91. The molecule has 0 aromatic heterocycles. The van der Waals surface area contributed by atoms with E-state index in [1.54, 1.807) is 0 Å². The molecule has 1 aliphatic carbocycles. The molecule has 2 atom stereocenters. The summed E-state index contributed by atoms with van der Waals surface area (Å²) in [6, 6.07) is 1.47. The summed E-state index contributed by atoms with van der Waals surface area (Å²) in [6.07, 6.45) is 4.34. The lowest BCUT2D eigenvalue weighted by Crippen LogP contribution is -2.57. The molecule has 0 radical (unpaired) electrons. The average Bonchev–Trinajstić information content (AvgIpc) is 2.23. The van der Waals surface area contributed by atoms with E-state index in [4.69, 9.17) is 0 Å². The van der Waals surface area contributed by atoms with Crippen LogP contribution in [0.1, 0.15) is 26.2 Å². The number of nitrogens with one attached hydrogen (secondary N) is 1. The Morgan fingerprint density at radius 2 is 1.81 bits per heavy atom. The molecule has 2 rings (SSSR count). The van der Waals surface area contributed by atoms with Crippen LogP contribution >= 0.6 is 0 Å². The highest BCUT2D eigenvalue weighted by atomic mass is 15.3. The topological polar surface area (TPSA) is 18.5 Å². The van der Waals surface area contributed by atoms with Crippen molar-refractivity contribution in [3.05, 3.63) is 0 Å². The fourth-order valence-electron chi connectivity index (χ4n) is 3.33. The molecule has 0 aromatic carbocycles. The lowest BCUT2D eigenvalue weighted by atomic mass is 9.76. The molecular weight excluding hydrogens is 198 g/mol. The molecule has 1 heterocycles. The van der Waals surface area contributed by atoms with Gasteiger partial charge in [-0.3, -0.25) is 4.90 Å². The van der Waals surface area contributed by atoms with E-state index in [-0.39, 0.29) is 0 Å². The van der Waals surface area contributed by atoms with Gasteiger partial charge in [0.2, 0.25) is 0 Å². The summed E-state index contributed by atoms with van der Waals surface area (Å²) >= 11 is 0. The molecule has 0 amide bonds. The molecule has 2 unspecified atom stereocenters. The van der Waals surface area contributed by atoms with Gasteiger partial charge in [0.1, 0.15) is 0 Å². The van der Waals surface area contributed by atoms with E-state index in [9.17, 15) is 0 Å². The Bertz CT molecular complexity index is 207. The number of rotatable bonds is 4. The van der Waals surface area contributed by atoms with Crippen LogP contribution in [-0.2, 0) is 0 Å². The zero-order valence-corrected chi connectivity index (χ0v) is 11.1. The first-order chi connectivity index (χ1) is 7.70. The largest absolute Gasteiger partial charge is 0.314 e. The van der Waals surface area contributed by atoms with Gasteiger partial charge in [-0.1, -0.05) is 6.42 Å². The Balaban J connectivity index is 1.94. The summed E-state index contributed by atoms with van der Waals surface area (Å²) in [5, 5.41) is 3.44. The molecule has 2 fully saturated rings. The van der Waals surface area contributed by atoms with Gasteiger partial charge in [-0.2, -0.15) is 0 Å². The van der Waals surface area contributed by atoms with Crippen LogP contribution in [0.4, 0.5) is 0 Å². The summed E-state index contributed by atoms with van der Waals surface area (Å²) in [5.41, 5.74) is 0. The third-order valence-corrected chi connectivity index (χ3v) is 4.45. The highest BCUT2D eigenvalue weighted by Gasteiger charge is 2.35. The molecular formula is C13H27N3. The van der Waals surface area contributed by atoms with Gasteiger partial charge in [0.15, 0.2) is 0 Å². The summed E-state index contributed by atoms with van der Waals surface area (Å²) in [5.74, 6) is 0.944. The molecule has 1 saturated heterocycles. The van der Waals surface area contributed by atoms with Gasteiger partial charge < -0.3 is 10.2 Å². The predicted molar refractivity (Wildman–Crippen MR) is 68.7 cm³/mol. The zero-order valence-electron chi connectivity index (χ0n) is 11.1. The van der Waals surface area contributed by atoms with Crippen LogP contribution in [-0.4, -0.2) is 62.2 Å². The first-order valence-electron chi connectivity index (χ1n) is 6.81. The van der Waals surface area contributed by atoms with Crippen molar-refractivity contribution >= 4 is 0 Å². The van der Waals surface area contributed by atoms with Gasteiger partial charge in [0, 0.05) is 38.3 Å². The van der Waals surface area contributed by atoms with Crippen LogP contribution in [0.2, 0.25) is 0 Å².